The summed E-state index contributed by atoms with van der Waals surface area (Å²) >= 11 is 1.77. The van der Waals surface area contributed by atoms with E-state index in [1.165, 1.54) is 55.9 Å². The SMILES string of the molecule is Cc1nc(CN(CC2CCCCN2)C2CC2)cs1. The van der Waals surface area contributed by atoms with Gasteiger partial charge in [-0.1, -0.05) is 6.42 Å². The zero-order chi connectivity index (χ0) is 12.4. The van der Waals surface area contributed by atoms with Crippen molar-refractivity contribution in [2.45, 2.75) is 57.7 Å². The third-order valence-electron chi connectivity index (χ3n) is 3.96. The van der Waals surface area contributed by atoms with Gasteiger partial charge in [0.1, 0.15) is 0 Å². The van der Waals surface area contributed by atoms with Crippen LogP contribution < -0.4 is 5.32 Å². The van der Waals surface area contributed by atoms with Crippen molar-refractivity contribution >= 4 is 11.3 Å². The molecule has 4 heteroatoms. The smallest absolute Gasteiger partial charge is 0.0897 e. The van der Waals surface area contributed by atoms with Crippen molar-refractivity contribution in [1.29, 1.82) is 0 Å². The molecule has 3 rings (SSSR count). The quantitative estimate of drug-likeness (QED) is 0.887. The number of aryl methyl sites for hydroxylation is 1. The molecule has 2 fully saturated rings. The molecule has 1 aliphatic heterocycles. The molecule has 3 nitrogen and oxygen atoms in total. The molecule has 1 aromatic heterocycles. The Bertz CT molecular complexity index is 380. The summed E-state index contributed by atoms with van der Waals surface area (Å²) in [6, 6.07) is 1.54. The van der Waals surface area contributed by atoms with Crippen LogP contribution in [0.1, 0.15) is 42.8 Å². The minimum atomic E-state index is 0.707. The molecule has 2 aliphatic rings. The van der Waals surface area contributed by atoms with Crippen LogP contribution >= 0.6 is 11.3 Å². The van der Waals surface area contributed by atoms with Gasteiger partial charge >= 0.3 is 0 Å². The number of nitrogens with one attached hydrogen (secondary N) is 1. The number of hydrogen-bond acceptors (Lipinski definition) is 4. The normalized spacial score (nSPS) is 24.7. The lowest BCUT2D eigenvalue weighted by molar-refractivity contribution is 0.206. The van der Waals surface area contributed by atoms with E-state index in [1.807, 2.05) is 0 Å². The van der Waals surface area contributed by atoms with E-state index in [-0.39, 0.29) is 0 Å². The lowest BCUT2D eigenvalue weighted by atomic mass is 10.0. The van der Waals surface area contributed by atoms with Crippen LogP contribution in [0.15, 0.2) is 5.38 Å². The number of piperidine rings is 1. The molecule has 1 aliphatic carbocycles. The molecular weight excluding hydrogens is 242 g/mol. The zero-order valence-electron chi connectivity index (χ0n) is 11.2. The summed E-state index contributed by atoms with van der Waals surface area (Å²) < 4.78 is 0. The Labute approximate surface area is 114 Å². The highest BCUT2D eigenvalue weighted by atomic mass is 32.1. The van der Waals surface area contributed by atoms with E-state index in [2.05, 4.69) is 27.5 Å². The monoisotopic (exact) mass is 265 g/mol. The van der Waals surface area contributed by atoms with Crippen LogP contribution in [0, 0.1) is 6.92 Å². The molecule has 2 heterocycles. The molecule has 0 spiro atoms. The minimum Gasteiger partial charge on any atom is -0.313 e. The Morgan fingerprint density at radius 3 is 2.89 bits per heavy atom. The maximum atomic E-state index is 4.61. The van der Waals surface area contributed by atoms with E-state index in [9.17, 15) is 0 Å². The summed E-state index contributed by atoms with van der Waals surface area (Å²) in [7, 11) is 0. The molecule has 0 amide bonds. The fraction of sp³-hybridized carbons (Fsp3) is 0.786. The minimum absolute atomic E-state index is 0.707. The van der Waals surface area contributed by atoms with Crippen molar-refractivity contribution in [3.63, 3.8) is 0 Å². The third-order valence-corrected chi connectivity index (χ3v) is 4.78. The standard InChI is InChI=1S/C14H23N3S/c1-11-16-13(10-18-11)9-17(14-5-6-14)8-12-4-2-3-7-15-12/h10,12,14-15H,2-9H2,1H3. The summed E-state index contributed by atoms with van der Waals surface area (Å²) in [5.41, 5.74) is 1.26. The Kier molecular flexibility index (Phi) is 3.97. The molecule has 1 aromatic rings. The van der Waals surface area contributed by atoms with Crippen molar-refractivity contribution in [2.24, 2.45) is 0 Å². The molecule has 1 saturated carbocycles. The molecular formula is C14H23N3S. The Hall–Kier alpha value is -0.450. The maximum absolute atomic E-state index is 4.61. The summed E-state index contributed by atoms with van der Waals surface area (Å²) in [6.45, 7) is 5.56. The first-order valence-corrected chi connectivity index (χ1v) is 8.07. The highest BCUT2D eigenvalue weighted by Crippen LogP contribution is 2.29. The lowest BCUT2D eigenvalue weighted by Crippen LogP contribution is -2.44. The van der Waals surface area contributed by atoms with Crippen LogP contribution in [0.3, 0.4) is 0 Å². The first kappa shape index (κ1) is 12.6. The Morgan fingerprint density at radius 2 is 2.28 bits per heavy atom. The summed E-state index contributed by atoms with van der Waals surface area (Å²) in [6.07, 6.45) is 6.86. The van der Waals surface area contributed by atoms with Crippen molar-refractivity contribution in [1.82, 2.24) is 15.2 Å². The Morgan fingerprint density at radius 1 is 1.39 bits per heavy atom. The van der Waals surface area contributed by atoms with Gasteiger partial charge in [0.25, 0.3) is 0 Å². The second kappa shape index (κ2) is 5.68. The highest BCUT2D eigenvalue weighted by molar-refractivity contribution is 7.09. The molecule has 100 valence electrons. The maximum Gasteiger partial charge on any atom is 0.0897 e. The largest absolute Gasteiger partial charge is 0.313 e. The molecule has 0 aromatic carbocycles. The van der Waals surface area contributed by atoms with E-state index in [4.69, 9.17) is 0 Å². The predicted octanol–water partition coefficient (Wildman–Crippen LogP) is 2.56. The average molecular weight is 265 g/mol. The molecule has 0 radical (unpaired) electrons. The van der Waals surface area contributed by atoms with Gasteiger partial charge in [0.05, 0.1) is 10.7 Å². The zero-order valence-corrected chi connectivity index (χ0v) is 12.0. The van der Waals surface area contributed by atoms with E-state index in [1.54, 1.807) is 11.3 Å². The summed E-state index contributed by atoms with van der Waals surface area (Å²) in [4.78, 5) is 7.26. The first-order valence-electron chi connectivity index (χ1n) is 7.20. The van der Waals surface area contributed by atoms with Crippen molar-refractivity contribution in [3.8, 4) is 0 Å². The second-order valence-electron chi connectivity index (χ2n) is 5.67. The fourth-order valence-electron chi connectivity index (χ4n) is 2.83. The van der Waals surface area contributed by atoms with Gasteiger partial charge in [-0.05, 0) is 39.2 Å². The van der Waals surface area contributed by atoms with Gasteiger partial charge in [-0.15, -0.1) is 11.3 Å². The van der Waals surface area contributed by atoms with Gasteiger partial charge in [0.2, 0.25) is 0 Å². The van der Waals surface area contributed by atoms with Crippen LogP contribution in [0.2, 0.25) is 0 Å². The average Bonchev–Trinajstić information content (AvgIpc) is 3.15. The Balaban J connectivity index is 1.57. The van der Waals surface area contributed by atoms with Crippen molar-refractivity contribution < 1.29 is 0 Å². The number of hydrogen-bond donors (Lipinski definition) is 1. The number of thiazole rings is 1. The second-order valence-corrected chi connectivity index (χ2v) is 6.73. The molecule has 1 atom stereocenters. The first-order chi connectivity index (χ1) is 8.81. The van der Waals surface area contributed by atoms with Crippen molar-refractivity contribution in [2.75, 3.05) is 13.1 Å². The molecule has 1 N–H and O–H groups in total. The number of nitrogens with zero attached hydrogens (tertiary/aromatic N) is 2. The van der Waals surface area contributed by atoms with Gasteiger partial charge < -0.3 is 5.32 Å². The number of aromatic nitrogens is 1. The molecule has 1 unspecified atom stereocenters. The van der Waals surface area contributed by atoms with Gasteiger partial charge in [-0.3, -0.25) is 4.90 Å². The van der Waals surface area contributed by atoms with Crippen LogP contribution in [-0.4, -0.2) is 35.1 Å². The predicted molar refractivity (Wildman–Crippen MR) is 75.9 cm³/mol. The topological polar surface area (TPSA) is 28.2 Å². The van der Waals surface area contributed by atoms with Crippen LogP contribution in [0.4, 0.5) is 0 Å². The summed E-state index contributed by atoms with van der Waals surface area (Å²) in [5.74, 6) is 0. The van der Waals surface area contributed by atoms with E-state index < -0.39 is 0 Å². The molecule has 1 saturated heterocycles. The lowest BCUT2D eigenvalue weighted by Gasteiger charge is -2.30. The van der Waals surface area contributed by atoms with Crippen molar-refractivity contribution in [3.05, 3.63) is 16.1 Å². The van der Waals surface area contributed by atoms with Gasteiger partial charge in [-0.25, -0.2) is 4.98 Å². The van der Waals surface area contributed by atoms with E-state index in [0.717, 1.165) is 12.6 Å². The number of rotatable bonds is 5. The highest BCUT2D eigenvalue weighted by Gasteiger charge is 2.31. The van der Waals surface area contributed by atoms with Gasteiger partial charge in [0.15, 0.2) is 0 Å². The summed E-state index contributed by atoms with van der Waals surface area (Å²) in [5, 5.41) is 7.08. The van der Waals surface area contributed by atoms with E-state index >= 15 is 0 Å². The van der Waals surface area contributed by atoms with Crippen LogP contribution in [0.25, 0.3) is 0 Å². The molecule has 18 heavy (non-hydrogen) atoms. The fourth-order valence-corrected chi connectivity index (χ4v) is 3.44. The third kappa shape index (κ3) is 3.31. The van der Waals surface area contributed by atoms with Gasteiger partial charge in [0, 0.05) is 30.6 Å². The van der Waals surface area contributed by atoms with Crippen LogP contribution in [-0.2, 0) is 6.54 Å². The van der Waals surface area contributed by atoms with Gasteiger partial charge in [-0.2, -0.15) is 0 Å². The van der Waals surface area contributed by atoms with Crippen LogP contribution in [0.5, 0.6) is 0 Å². The molecule has 0 bridgehead atoms. The van der Waals surface area contributed by atoms with E-state index in [0.29, 0.717) is 6.04 Å².